The first kappa shape index (κ1) is 25.4. The van der Waals surface area contributed by atoms with Gasteiger partial charge in [0.05, 0.1) is 5.41 Å². The van der Waals surface area contributed by atoms with Crippen molar-refractivity contribution in [2.24, 2.45) is 5.41 Å². The summed E-state index contributed by atoms with van der Waals surface area (Å²) in [5.41, 5.74) is -0.278. The molecule has 3 fully saturated rings. The van der Waals surface area contributed by atoms with Crippen molar-refractivity contribution < 1.29 is 18.8 Å². The lowest BCUT2D eigenvalue weighted by atomic mass is 9.75. The van der Waals surface area contributed by atoms with Gasteiger partial charge in [0.2, 0.25) is 17.7 Å². The highest BCUT2D eigenvalue weighted by atomic mass is 19.1. The number of carbonyl (C=O) groups excluding carboxylic acids is 3. The predicted molar refractivity (Wildman–Crippen MR) is 132 cm³/mol. The van der Waals surface area contributed by atoms with Crippen LogP contribution in [0.1, 0.15) is 46.5 Å². The van der Waals surface area contributed by atoms with Gasteiger partial charge in [0.25, 0.3) is 0 Å². The van der Waals surface area contributed by atoms with E-state index < -0.39 is 5.54 Å². The fourth-order valence-corrected chi connectivity index (χ4v) is 5.81. The highest BCUT2D eigenvalue weighted by molar-refractivity contribution is 5.91. The van der Waals surface area contributed by atoms with E-state index in [2.05, 4.69) is 20.4 Å². The molecule has 0 saturated carbocycles. The maximum atomic E-state index is 13.2. The molecule has 2 N–H and O–H groups in total. The fourth-order valence-electron chi connectivity index (χ4n) is 5.81. The van der Waals surface area contributed by atoms with Crippen LogP contribution in [0.15, 0.2) is 24.3 Å². The number of carbonyl (C=O) groups is 3. The molecule has 4 rings (SSSR count). The van der Waals surface area contributed by atoms with Crippen molar-refractivity contribution in [3.8, 4) is 0 Å². The van der Waals surface area contributed by atoms with Gasteiger partial charge in [0.15, 0.2) is 0 Å². The molecule has 1 aromatic rings. The van der Waals surface area contributed by atoms with Gasteiger partial charge in [0.1, 0.15) is 11.4 Å². The molecule has 0 unspecified atom stereocenters. The van der Waals surface area contributed by atoms with Gasteiger partial charge in [-0.15, -0.1) is 0 Å². The van der Waals surface area contributed by atoms with Crippen molar-refractivity contribution >= 4 is 23.4 Å². The van der Waals surface area contributed by atoms with Crippen molar-refractivity contribution in [3.63, 3.8) is 0 Å². The van der Waals surface area contributed by atoms with Gasteiger partial charge in [-0.2, -0.15) is 0 Å². The second-order valence-electron chi connectivity index (χ2n) is 10.8. The number of likely N-dealkylation sites (tertiary alicyclic amines) is 1. The van der Waals surface area contributed by atoms with Crippen molar-refractivity contribution in [1.82, 2.24) is 20.4 Å². The number of benzene rings is 1. The summed E-state index contributed by atoms with van der Waals surface area (Å²) in [6, 6.07) is 6.83. The van der Waals surface area contributed by atoms with Gasteiger partial charge >= 0.3 is 0 Å². The molecular weight excluding hydrogens is 449 g/mol. The second-order valence-corrected chi connectivity index (χ2v) is 10.8. The molecule has 1 aromatic carbocycles. The zero-order chi connectivity index (χ0) is 25.2. The van der Waals surface area contributed by atoms with Crippen molar-refractivity contribution in [3.05, 3.63) is 30.1 Å². The van der Waals surface area contributed by atoms with Crippen LogP contribution in [0.3, 0.4) is 0 Å². The van der Waals surface area contributed by atoms with Gasteiger partial charge < -0.3 is 20.4 Å². The molecule has 192 valence electrons. The maximum absolute atomic E-state index is 13.2. The Bertz CT molecular complexity index is 935. The summed E-state index contributed by atoms with van der Waals surface area (Å²) in [4.78, 5) is 43.8. The second kappa shape index (κ2) is 10.1. The maximum Gasteiger partial charge on any atom is 0.247 e. The Morgan fingerprint density at radius 3 is 2.31 bits per heavy atom. The SMILES string of the molecule is CC(=O)NC(C)(C)C(=O)N1CCC2(CC1)C[C@H](CCN1CCN(c3ccc(F)cc3)CC1)NC2=O. The first-order valence-electron chi connectivity index (χ1n) is 12.7. The molecule has 3 saturated heterocycles. The Kier molecular flexibility index (Phi) is 7.35. The number of nitrogens with zero attached hydrogens (tertiary/aromatic N) is 3. The fraction of sp³-hybridized carbons (Fsp3) is 0.654. The van der Waals surface area contributed by atoms with E-state index in [4.69, 9.17) is 0 Å². The van der Waals surface area contributed by atoms with E-state index in [1.807, 2.05) is 12.1 Å². The van der Waals surface area contributed by atoms with E-state index in [9.17, 15) is 18.8 Å². The summed E-state index contributed by atoms with van der Waals surface area (Å²) in [5, 5.41) is 5.95. The van der Waals surface area contributed by atoms with E-state index in [0.29, 0.717) is 25.9 Å². The molecule has 0 radical (unpaired) electrons. The van der Waals surface area contributed by atoms with E-state index in [0.717, 1.165) is 51.3 Å². The van der Waals surface area contributed by atoms with Crippen LogP contribution in [0.25, 0.3) is 0 Å². The monoisotopic (exact) mass is 487 g/mol. The molecule has 9 heteroatoms. The van der Waals surface area contributed by atoms with Crippen molar-refractivity contribution in [2.75, 3.05) is 50.7 Å². The normalized spacial score (nSPS) is 22.9. The number of nitrogens with one attached hydrogen (secondary N) is 2. The highest BCUT2D eigenvalue weighted by Gasteiger charge is 2.49. The minimum absolute atomic E-state index is 0.0997. The van der Waals surface area contributed by atoms with E-state index in [1.54, 1.807) is 18.7 Å². The van der Waals surface area contributed by atoms with Crippen LogP contribution in [-0.4, -0.2) is 84.9 Å². The lowest BCUT2D eigenvalue weighted by Gasteiger charge is -2.40. The average Bonchev–Trinajstić information content (AvgIpc) is 3.12. The number of hydrogen-bond acceptors (Lipinski definition) is 5. The summed E-state index contributed by atoms with van der Waals surface area (Å²) in [6.07, 6.45) is 3.06. The molecule has 1 spiro atoms. The first-order chi connectivity index (χ1) is 16.6. The standard InChI is InChI=1S/C26H38FN5O3/c1-19(33)29-25(2,3)24(35)32-12-9-26(10-13-32)18-21(28-23(26)34)8-11-30-14-16-31(17-15-30)22-6-4-20(27)5-7-22/h4-7,21H,8-18H2,1-3H3,(H,28,34)(H,29,33)/t21-/m0/s1. The lowest BCUT2D eigenvalue weighted by molar-refractivity contribution is -0.144. The Morgan fingerprint density at radius 1 is 1.09 bits per heavy atom. The lowest BCUT2D eigenvalue weighted by Crippen LogP contribution is -2.58. The Hall–Kier alpha value is -2.68. The first-order valence-corrected chi connectivity index (χ1v) is 12.7. The average molecular weight is 488 g/mol. The van der Waals surface area contributed by atoms with Crippen LogP contribution in [-0.2, 0) is 14.4 Å². The Balaban J connectivity index is 1.22. The van der Waals surface area contributed by atoms with E-state index >= 15 is 0 Å². The van der Waals surface area contributed by atoms with Crippen LogP contribution >= 0.6 is 0 Å². The molecular formula is C26H38FN5O3. The largest absolute Gasteiger partial charge is 0.369 e. The minimum Gasteiger partial charge on any atom is -0.369 e. The smallest absolute Gasteiger partial charge is 0.247 e. The molecule has 1 atom stereocenters. The highest BCUT2D eigenvalue weighted by Crippen LogP contribution is 2.41. The summed E-state index contributed by atoms with van der Waals surface area (Å²) in [6.45, 7) is 10.6. The summed E-state index contributed by atoms with van der Waals surface area (Å²) in [5.74, 6) is -0.421. The number of anilines is 1. The van der Waals surface area contributed by atoms with Crippen LogP contribution < -0.4 is 15.5 Å². The topological polar surface area (TPSA) is 85.0 Å². The number of rotatable bonds is 6. The van der Waals surface area contributed by atoms with Crippen molar-refractivity contribution in [1.29, 1.82) is 0 Å². The molecule has 8 nitrogen and oxygen atoms in total. The summed E-state index contributed by atoms with van der Waals surface area (Å²) < 4.78 is 13.2. The quantitative estimate of drug-likeness (QED) is 0.639. The summed E-state index contributed by atoms with van der Waals surface area (Å²) >= 11 is 0. The molecule has 0 bridgehead atoms. The summed E-state index contributed by atoms with van der Waals surface area (Å²) in [7, 11) is 0. The molecule has 35 heavy (non-hydrogen) atoms. The van der Waals surface area contributed by atoms with Gasteiger partial charge in [-0.1, -0.05) is 0 Å². The van der Waals surface area contributed by atoms with Gasteiger partial charge in [-0.25, -0.2) is 4.39 Å². The zero-order valence-corrected chi connectivity index (χ0v) is 21.1. The number of halogens is 1. The van der Waals surface area contributed by atoms with E-state index in [1.165, 1.54) is 19.1 Å². The number of amides is 3. The van der Waals surface area contributed by atoms with Crippen molar-refractivity contribution in [2.45, 2.75) is 58.0 Å². The third kappa shape index (κ3) is 5.77. The zero-order valence-electron chi connectivity index (χ0n) is 21.1. The molecule has 3 aliphatic rings. The number of piperidine rings is 1. The van der Waals surface area contributed by atoms with Crippen LogP contribution in [0, 0.1) is 11.2 Å². The molecule has 3 aliphatic heterocycles. The predicted octanol–water partition coefficient (Wildman–Crippen LogP) is 1.75. The Labute approximate surface area is 207 Å². The van der Waals surface area contributed by atoms with Crippen LogP contribution in [0.5, 0.6) is 0 Å². The molecule has 3 heterocycles. The third-order valence-electron chi connectivity index (χ3n) is 7.84. The van der Waals surface area contributed by atoms with Gasteiger partial charge in [-0.3, -0.25) is 19.3 Å². The van der Waals surface area contributed by atoms with Gasteiger partial charge in [-0.05, 0) is 63.8 Å². The third-order valence-corrected chi connectivity index (χ3v) is 7.84. The molecule has 0 aliphatic carbocycles. The van der Waals surface area contributed by atoms with Crippen LogP contribution in [0.4, 0.5) is 10.1 Å². The van der Waals surface area contributed by atoms with E-state index in [-0.39, 0.29) is 35.0 Å². The number of piperazine rings is 1. The number of hydrogen-bond donors (Lipinski definition) is 2. The van der Waals surface area contributed by atoms with Gasteiger partial charge in [0, 0.05) is 64.5 Å². The Morgan fingerprint density at radius 2 is 1.71 bits per heavy atom. The van der Waals surface area contributed by atoms with Crippen LogP contribution in [0.2, 0.25) is 0 Å². The molecule has 3 amide bonds. The molecule has 0 aromatic heterocycles. The minimum atomic E-state index is -0.947.